The highest BCUT2D eigenvalue weighted by Gasteiger charge is 2.42. The monoisotopic (exact) mass is 271 g/mol. The zero-order valence-corrected chi connectivity index (χ0v) is 11.1. The highest BCUT2D eigenvalue weighted by Crippen LogP contribution is 2.44. The van der Waals surface area contributed by atoms with E-state index in [1.54, 1.807) is 12.1 Å². The lowest BCUT2D eigenvalue weighted by atomic mass is 10.0. The van der Waals surface area contributed by atoms with Crippen molar-refractivity contribution in [3.63, 3.8) is 0 Å². The predicted molar refractivity (Wildman–Crippen MR) is 76.7 cm³/mol. The van der Waals surface area contributed by atoms with Crippen LogP contribution in [0.3, 0.4) is 0 Å². The van der Waals surface area contributed by atoms with Crippen molar-refractivity contribution >= 4 is 16.7 Å². The molecule has 0 atom stereocenters. The molecule has 3 rings (SSSR count). The first-order chi connectivity index (χ1) is 9.65. The lowest BCUT2D eigenvalue weighted by molar-refractivity contribution is 0.0933. The minimum atomic E-state index is -0.298. The van der Waals surface area contributed by atoms with Gasteiger partial charge in [0.2, 0.25) is 0 Å². The summed E-state index contributed by atoms with van der Waals surface area (Å²) >= 11 is 0. The minimum Gasteiger partial charge on any atom is -0.506 e. The van der Waals surface area contributed by atoms with Crippen molar-refractivity contribution in [3.8, 4) is 5.75 Å². The summed E-state index contributed by atoms with van der Waals surface area (Å²) in [5.74, 6) is -0.289. The number of amides is 1. The molecule has 0 unspecified atom stereocenters. The summed E-state index contributed by atoms with van der Waals surface area (Å²) < 4.78 is 0. The van der Waals surface area contributed by atoms with E-state index in [0.717, 1.165) is 18.2 Å². The van der Waals surface area contributed by atoms with Crippen LogP contribution < -0.4 is 5.32 Å². The van der Waals surface area contributed by atoms with Gasteiger partial charge in [0, 0.05) is 17.3 Å². The molecule has 4 nitrogen and oxygen atoms in total. The van der Waals surface area contributed by atoms with Crippen molar-refractivity contribution in [3.05, 3.63) is 42.0 Å². The minimum absolute atomic E-state index is 0.00875. The Kier molecular flexibility index (Phi) is 3.10. The van der Waals surface area contributed by atoms with Crippen molar-refractivity contribution < 1.29 is 15.0 Å². The van der Waals surface area contributed by atoms with E-state index in [9.17, 15) is 15.0 Å². The van der Waals surface area contributed by atoms with Crippen molar-refractivity contribution in [2.75, 3.05) is 13.2 Å². The Morgan fingerprint density at radius 2 is 1.95 bits per heavy atom. The number of nitrogens with one attached hydrogen (secondary N) is 1. The number of benzene rings is 2. The summed E-state index contributed by atoms with van der Waals surface area (Å²) in [5.41, 5.74) is 0.139. The van der Waals surface area contributed by atoms with Crippen LogP contribution in [0.2, 0.25) is 0 Å². The van der Waals surface area contributed by atoms with Gasteiger partial charge in [0.15, 0.2) is 0 Å². The molecule has 0 radical (unpaired) electrons. The summed E-state index contributed by atoms with van der Waals surface area (Å²) in [5, 5.41) is 23.8. The predicted octanol–water partition coefficient (Wildman–Crippen LogP) is 2.05. The molecule has 0 heterocycles. The second-order valence-corrected chi connectivity index (χ2v) is 5.52. The van der Waals surface area contributed by atoms with Crippen LogP contribution in [0.5, 0.6) is 5.75 Å². The van der Waals surface area contributed by atoms with E-state index in [2.05, 4.69) is 5.32 Å². The normalized spacial score (nSPS) is 16.1. The van der Waals surface area contributed by atoms with E-state index in [-0.39, 0.29) is 29.2 Å². The number of aliphatic hydroxyl groups excluding tert-OH is 1. The lowest BCUT2D eigenvalue weighted by Gasteiger charge is -2.13. The average Bonchev–Trinajstić information content (AvgIpc) is 3.26. The number of phenols is 1. The third kappa shape index (κ3) is 2.23. The third-order valence-electron chi connectivity index (χ3n) is 4.06. The highest BCUT2D eigenvalue weighted by atomic mass is 16.3. The number of hydrogen-bond donors (Lipinski definition) is 3. The molecule has 0 aliphatic heterocycles. The molecule has 104 valence electrons. The zero-order valence-electron chi connectivity index (χ0n) is 11.1. The van der Waals surface area contributed by atoms with E-state index in [0.29, 0.717) is 11.9 Å². The Balaban J connectivity index is 1.82. The summed E-state index contributed by atoms with van der Waals surface area (Å²) in [6.07, 6.45) is 1.88. The molecule has 1 amide bonds. The van der Waals surface area contributed by atoms with Gasteiger partial charge in [-0.2, -0.15) is 0 Å². The Morgan fingerprint density at radius 3 is 2.65 bits per heavy atom. The van der Waals surface area contributed by atoms with E-state index in [1.165, 1.54) is 0 Å². The highest BCUT2D eigenvalue weighted by molar-refractivity contribution is 6.03. The molecule has 4 heteroatoms. The Morgan fingerprint density at radius 1 is 1.20 bits per heavy atom. The van der Waals surface area contributed by atoms with E-state index >= 15 is 0 Å². The van der Waals surface area contributed by atoms with Gasteiger partial charge in [-0.1, -0.05) is 30.3 Å². The number of fused-ring (bicyclic) bond motifs is 1. The lowest BCUT2D eigenvalue weighted by Crippen LogP contribution is -2.31. The van der Waals surface area contributed by atoms with Crippen LogP contribution in [0.4, 0.5) is 0 Å². The smallest absolute Gasteiger partial charge is 0.255 e. The second-order valence-electron chi connectivity index (χ2n) is 5.52. The molecule has 0 saturated heterocycles. The Hall–Kier alpha value is -2.07. The summed E-state index contributed by atoms with van der Waals surface area (Å²) in [6, 6.07) is 10.8. The summed E-state index contributed by atoms with van der Waals surface area (Å²) in [6.45, 7) is 0.547. The largest absolute Gasteiger partial charge is 0.506 e. The maximum Gasteiger partial charge on any atom is 0.255 e. The third-order valence-corrected chi connectivity index (χ3v) is 4.06. The van der Waals surface area contributed by atoms with Crippen LogP contribution in [-0.4, -0.2) is 29.3 Å². The summed E-state index contributed by atoms with van der Waals surface area (Å²) in [4.78, 5) is 12.1. The number of aliphatic hydroxyl groups is 1. The number of carbonyl (C=O) groups excluding carboxylic acids is 1. The number of aromatic hydroxyl groups is 1. The van der Waals surface area contributed by atoms with Gasteiger partial charge >= 0.3 is 0 Å². The van der Waals surface area contributed by atoms with Gasteiger partial charge in [0.1, 0.15) is 5.75 Å². The van der Waals surface area contributed by atoms with Crippen LogP contribution in [0.25, 0.3) is 10.8 Å². The molecule has 2 aromatic rings. The van der Waals surface area contributed by atoms with E-state index in [4.69, 9.17) is 0 Å². The fourth-order valence-corrected chi connectivity index (χ4v) is 2.37. The molecule has 1 saturated carbocycles. The average molecular weight is 271 g/mol. The molecule has 1 aliphatic carbocycles. The first-order valence-corrected chi connectivity index (χ1v) is 6.75. The fraction of sp³-hybridized carbons (Fsp3) is 0.312. The molecule has 0 aromatic heterocycles. The van der Waals surface area contributed by atoms with Crippen molar-refractivity contribution in [2.24, 2.45) is 5.41 Å². The first kappa shape index (κ1) is 12.9. The molecule has 0 bridgehead atoms. The standard InChI is InChI=1S/C16H17NO3/c18-10-16(7-8-16)9-17-15(20)13-6-5-11-3-1-2-4-12(11)14(13)19/h1-6,18-19H,7-10H2,(H,17,20). The van der Waals surface area contributed by atoms with Crippen LogP contribution in [-0.2, 0) is 0 Å². The summed E-state index contributed by atoms with van der Waals surface area (Å²) in [7, 11) is 0. The van der Waals surface area contributed by atoms with E-state index in [1.807, 2.05) is 24.3 Å². The van der Waals surface area contributed by atoms with Gasteiger partial charge in [0.05, 0.1) is 12.2 Å². The van der Waals surface area contributed by atoms with Crippen LogP contribution in [0.1, 0.15) is 23.2 Å². The van der Waals surface area contributed by atoms with Crippen LogP contribution in [0.15, 0.2) is 36.4 Å². The van der Waals surface area contributed by atoms with Gasteiger partial charge in [-0.25, -0.2) is 0 Å². The first-order valence-electron chi connectivity index (χ1n) is 6.75. The Labute approximate surface area is 117 Å². The van der Waals surface area contributed by atoms with Gasteiger partial charge in [-0.05, 0) is 24.3 Å². The SMILES string of the molecule is O=C(NCC1(CO)CC1)c1ccc2ccccc2c1O. The fourth-order valence-electron chi connectivity index (χ4n) is 2.37. The van der Waals surface area contributed by atoms with Gasteiger partial charge in [-0.3, -0.25) is 4.79 Å². The quantitative estimate of drug-likeness (QED) is 0.797. The maximum absolute atomic E-state index is 12.1. The van der Waals surface area contributed by atoms with Gasteiger partial charge in [-0.15, -0.1) is 0 Å². The number of carbonyl (C=O) groups is 1. The molecule has 3 N–H and O–H groups in total. The molecule has 1 aliphatic rings. The molecule has 1 fully saturated rings. The topological polar surface area (TPSA) is 69.6 Å². The molecular formula is C16H17NO3. The van der Waals surface area contributed by atoms with Gasteiger partial charge in [0.25, 0.3) is 5.91 Å². The van der Waals surface area contributed by atoms with Gasteiger partial charge < -0.3 is 15.5 Å². The second kappa shape index (κ2) is 4.80. The van der Waals surface area contributed by atoms with E-state index < -0.39 is 0 Å². The molecule has 20 heavy (non-hydrogen) atoms. The van der Waals surface area contributed by atoms with Crippen LogP contribution in [0, 0.1) is 5.41 Å². The number of hydrogen-bond acceptors (Lipinski definition) is 3. The van der Waals surface area contributed by atoms with Crippen molar-refractivity contribution in [1.82, 2.24) is 5.32 Å². The van der Waals surface area contributed by atoms with Crippen molar-refractivity contribution in [1.29, 1.82) is 0 Å². The molecular weight excluding hydrogens is 254 g/mol. The zero-order chi connectivity index (χ0) is 14.2. The Bertz CT molecular complexity index is 662. The maximum atomic E-state index is 12.1. The van der Waals surface area contributed by atoms with Crippen LogP contribution >= 0.6 is 0 Å². The number of phenolic OH excluding ortho intramolecular Hbond substituents is 1. The molecule has 0 spiro atoms. The number of rotatable bonds is 4. The van der Waals surface area contributed by atoms with Crippen molar-refractivity contribution in [2.45, 2.75) is 12.8 Å². The molecule has 2 aromatic carbocycles.